The van der Waals surface area contributed by atoms with Crippen molar-refractivity contribution in [2.45, 2.75) is 0 Å². The predicted octanol–water partition coefficient (Wildman–Crippen LogP) is 2.65. The summed E-state index contributed by atoms with van der Waals surface area (Å²) in [5.74, 6) is 0.709. The molecule has 2 aromatic rings. The molecule has 1 fully saturated rings. The normalized spacial score (nSPS) is 13.7. The van der Waals surface area contributed by atoms with E-state index < -0.39 is 0 Å². The SMILES string of the molecule is COc1ccc(OC)c(/C=C/C(=O)N(C)CC(=O)Nc2ccc(N3CCOCC3)cc2)c1. The number of nitrogens with one attached hydrogen (secondary N) is 1. The molecule has 0 aromatic heterocycles. The van der Waals surface area contributed by atoms with Crippen molar-refractivity contribution < 1.29 is 23.8 Å². The zero-order valence-corrected chi connectivity index (χ0v) is 18.7. The number of likely N-dealkylation sites (N-methyl/N-ethyl adjacent to an activating group) is 1. The lowest BCUT2D eigenvalue weighted by atomic mass is 10.1. The molecule has 0 spiro atoms. The van der Waals surface area contributed by atoms with Gasteiger partial charge >= 0.3 is 0 Å². The van der Waals surface area contributed by atoms with Crippen LogP contribution in [0.25, 0.3) is 6.08 Å². The molecule has 0 aliphatic carbocycles. The van der Waals surface area contributed by atoms with Gasteiger partial charge in [-0.2, -0.15) is 0 Å². The Bertz CT molecular complexity index is 953. The molecule has 2 aromatic carbocycles. The highest BCUT2D eigenvalue weighted by Crippen LogP contribution is 2.25. The summed E-state index contributed by atoms with van der Waals surface area (Å²) in [5.41, 5.74) is 2.49. The van der Waals surface area contributed by atoms with Gasteiger partial charge in [0.2, 0.25) is 11.8 Å². The molecule has 1 saturated heterocycles. The molecular weight excluding hydrogens is 410 g/mol. The van der Waals surface area contributed by atoms with Gasteiger partial charge in [0.15, 0.2) is 0 Å². The van der Waals surface area contributed by atoms with Crippen LogP contribution in [0.15, 0.2) is 48.5 Å². The van der Waals surface area contributed by atoms with E-state index in [9.17, 15) is 9.59 Å². The van der Waals surface area contributed by atoms with Crippen molar-refractivity contribution in [1.29, 1.82) is 0 Å². The average molecular weight is 440 g/mol. The molecule has 32 heavy (non-hydrogen) atoms. The summed E-state index contributed by atoms with van der Waals surface area (Å²) < 4.78 is 15.9. The van der Waals surface area contributed by atoms with Gasteiger partial charge in [0, 0.05) is 43.2 Å². The maximum absolute atomic E-state index is 12.4. The third kappa shape index (κ3) is 6.24. The molecule has 0 radical (unpaired) electrons. The number of hydrogen-bond acceptors (Lipinski definition) is 6. The highest BCUT2D eigenvalue weighted by Gasteiger charge is 2.13. The molecule has 170 valence electrons. The minimum absolute atomic E-state index is 0.0658. The lowest BCUT2D eigenvalue weighted by Crippen LogP contribution is -2.36. The van der Waals surface area contributed by atoms with E-state index in [-0.39, 0.29) is 18.4 Å². The first kappa shape index (κ1) is 23.1. The Morgan fingerprint density at radius 1 is 1.09 bits per heavy atom. The van der Waals surface area contributed by atoms with Crippen LogP contribution >= 0.6 is 0 Å². The topological polar surface area (TPSA) is 80.3 Å². The molecule has 0 unspecified atom stereocenters. The second-order valence-electron chi connectivity index (χ2n) is 7.33. The molecule has 0 saturated carbocycles. The Kier molecular flexibility index (Phi) is 8.10. The number of nitrogens with zero attached hydrogens (tertiary/aromatic N) is 2. The number of anilines is 2. The van der Waals surface area contributed by atoms with Crippen LogP contribution in [0.4, 0.5) is 11.4 Å². The van der Waals surface area contributed by atoms with Gasteiger partial charge in [0.1, 0.15) is 11.5 Å². The Morgan fingerprint density at radius 3 is 2.47 bits per heavy atom. The Balaban J connectivity index is 1.53. The van der Waals surface area contributed by atoms with Gasteiger partial charge in [0.05, 0.1) is 34.0 Å². The summed E-state index contributed by atoms with van der Waals surface area (Å²) in [4.78, 5) is 28.4. The van der Waals surface area contributed by atoms with Gasteiger partial charge in [-0.25, -0.2) is 0 Å². The number of rotatable bonds is 8. The maximum atomic E-state index is 12.4. The number of methoxy groups -OCH3 is 2. The summed E-state index contributed by atoms with van der Waals surface area (Å²) in [6, 6.07) is 13.0. The first-order chi connectivity index (χ1) is 15.5. The monoisotopic (exact) mass is 439 g/mol. The van der Waals surface area contributed by atoms with Crippen LogP contribution in [0.3, 0.4) is 0 Å². The summed E-state index contributed by atoms with van der Waals surface area (Å²) in [5, 5.41) is 2.83. The fourth-order valence-electron chi connectivity index (χ4n) is 3.33. The van der Waals surface area contributed by atoms with Crippen molar-refractivity contribution in [1.82, 2.24) is 4.90 Å². The number of carbonyl (C=O) groups is 2. The van der Waals surface area contributed by atoms with Gasteiger partial charge in [-0.3, -0.25) is 9.59 Å². The summed E-state index contributed by atoms with van der Waals surface area (Å²) >= 11 is 0. The third-order valence-electron chi connectivity index (χ3n) is 5.13. The van der Waals surface area contributed by atoms with Crippen LogP contribution < -0.4 is 19.7 Å². The van der Waals surface area contributed by atoms with Crippen LogP contribution in [0.5, 0.6) is 11.5 Å². The molecular formula is C24H29N3O5. The molecule has 0 atom stereocenters. The number of amides is 2. The van der Waals surface area contributed by atoms with E-state index in [1.165, 1.54) is 11.0 Å². The van der Waals surface area contributed by atoms with Gasteiger partial charge in [-0.05, 0) is 48.5 Å². The maximum Gasteiger partial charge on any atom is 0.246 e. The van der Waals surface area contributed by atoms with Gasteiger partial charge in [0.25, 0.3) is 0 Å². The van der Waals surface area contributed by atoms with E-state index >= 15 is 0 Å². The van der Waals surface area contributed by atoms with Crippen molar-refractivity contribution in [2.24, 2.45) is 0 Å². The smallest absolute Gasteiger partial charge is 0.246 e. The molecule has 8 heteroatoms. The lowest BCUT2D eigenvalue weighted by molar-refractivity contribution is -0.129. The van der Waals surface area contributed by atoms with Crippen LogP contribution in [-0.2, 0) is 14.3 Å². The van der Waals surface area contributed by atoms with Crippen molar-refractivity contribution >= 4 is 29.3 Å². The molecule has 1 heterocycles. The number of morpholine rings is 1. The molecule has 0 bridgehead atoms. The Morgan fingerprint density at radius 2 is 1.81 bits per heavy atom. The zero-order chi connectivity index (χ0) is 22.9. The quantitative estimate of drug-likeness (QED) is 0.637. The van der Waals surface area contributed by atoms with Gasteiger partial charge in [-0.1, -0.05) is 0 Å². The summed E-state index contributed by atoms with van der Waals surface area (Å²) in [7, 11) is 4.71. The number of ether oxygens (including phenoxy) is 3. The number of carbonyl (C=O) groups excluding carboxylic acids is 2. The van der Waals surface area contributed by atoms with E-state index in [1.54, 1.807) is 45.5 Å². The van der Waals surface area contributed by atoms with Crippen LogP contribution in [0.1, 0.15) is 5.56 Å². The largest absolute Gasteiger partial charge is 0.497 e. The first-order valence-corrected chi connectivity index (χ1v) is 10.4. The zero-order valence-electron chi connectivity index (χ0n) is 18.7. The van der Waals surface area contributed by atoms with Crippen LogP contribution in [0, 0.1) is 0 Å². The van der Waals surface area contributed by atoms with E-state index in [0.717, 1.165) is 32.0 Å². The first-order valence-electron chi connectivity index (χ1n) is 10.4. The molecule has 1 N–H and O–H groups in total. The van der Waals surface area contributed by atoms with E-state index in [4.69, 9.17) is 14.2 Å². The fraction of sp³-hybridized carbons (Fsp3) is 0.333. The van der Waals surface area contributed by atoms with Crippen molar-refractivity contribution in [3.63, 3.8) is 0 Å². The average Bonchev–Trinajstić information content (AvgIpc) is 2.83. The Labute approximate surface area is 188 Å². The molecule has 1 aliphatic heterocycles. The predicted molar refractivity (Wildman–Crippen MR) is 124 cm³/mol. The van der Waals surface area contributed by atoms with E-state index in [0.29, 0.717) is 22.7 Å². The van der Waals surface area contributed by atoms with Crippen LogP contribution in [0.2, 0.25) is 0 Å². The van der Waals surface area contributed by atoms with Crippen molar-refractivity contribution in [2.75, 3.05) is 64.3 Å². The van der Waals surface area contributed by atoms with Gasteiger partial charge in [-0.15, -0.1) is 0 Å². The molecule has 8 nitrogen and oxygen atoms in total. The molecule has 1 aliphatic rings. The number of benzene rings is 2. The van der Waals surface area contributed by atoms with Gasteiger partial charge < -0.3 is 29.3 Å². The van der Waals surface area contributed by atoms with E-state index in [2.05, 4.69) is 10.2 Å². The fourth-order valence-corrected chi connectivity index (χ4v) is 3.33. The highest BCUT2D eigenvalue weighted by molar-refractivity contribution is 5.98. The van der Waals surface area contributed by atoms with E-state index in [1.807, 2.05) is 24.3 Å². The van der Waals surface area contributed by atoms with Crippen molar-refractivity contribution in [3.05, 3.63) is 54.1 Å². The molecule has 3 rings (SSSR count). The van der Waals surface area contributed by atoms with Crippen molar-refractivity contribution in [3.8, 4) is 11.5 Å². The summed E-state index contributed by atoms with van der Waals surface area (Å²) in [6.45, 7) is 3.08. The van der Waals surface area contributed by atoms with Crippen LogP contribution in [-0.4, -0.2) is 70.8 Å². The third-order valence-corrected chi connectivity index (χ3v) is 5.13. The minimum atomic E-state index is -0.298. The highest BCUT2D eigenvalue weighted by atomic mass is 16.5. The second kappa shape index (κ2) is 11.2. The minimum Gasteiger partial charge on any atom is -0.497 e. The molecule has 2 amide bonds. The lowest BCUT2D eigenvalue weighted by Gasteiger charge is -2.28. The standard InChI is InChI=1S/C24H29N3O5/c1-26(24(29)11-4-18-16-21(30-2)9-10-22(18)31-3)17-23(28)25-19-5-7-20(8-6-19)27-12-14-32-15-13-27/h4-11,16H,12-15,17H2,1-3H3,(H,25,28)/b11-4+. The Hall–Kier alpha value is -3.52. The number of hydrogen-bond donors (Lipinski definition) is 1. The second-order valence-corrected chi connectivity index (χ2v) is 7.33. The summed E-state index contributed by atoms with van der Waals surface area (Å²) in [6.07, 6.45) is 3.05.